The van der Waals surface area contributed by atoms with Crippen molar-refractivity contribution in [2.45, 2.75) is 37.9 Å². The van der Waals surface area contributed by atoms with Crippen LogP contribution in [0.25, 0.3) is 0 Å². The molecule has 1 N–H and O–H groups in total. The second-order valence-electron chi connectivity index (χ2n) is 5.49. The van der Waals surface area contributed by atoms with E-state index < -0.39 is 11.7 Å². The number of halogens is 3. The van der Waals surface area contributed by atoms with Crippen LogP contribution >= 0.6 is 0 Å². The Balaban J connectivity index is 1.84. The van der Waals surface area contributed by atoms with Crippen LogP contribution in [0.3, 0.4) is 0 Å². The standard InChI is InChI=1S/C15H16F3N3O/c16-15(17,18)11-4-1-3-10(7-11)8-13-19-14-6-2-5-12(9-22)21(14)20-13/h1,3-4,7,12,22H,2,5-6,8-9H2. The maximum Gasteiger partial charge on any atom is 0.416 e. The number of alkyl halides is 3. The highest BCUT2D eigenvalue weighted by Gasteiger charge is 2.30. The smallest absolute Gasteiger partial charge is 0.394 e. The lowest BCUT2D eigenvalue weighted by molar-refractivity contribution is -0.137. The summed E-state index contributed by atoms with van der Waals surface area (Å²) in [4.78, 5) is 4.40. The van der Waals surface area contributed by atoms with E-state index in [-0.39, 0.29) is 19.1 Å². The maximum absolute atomic E-state index is 12.7. The Bertz CT molecular complexity index is 666. The van der Waals surface area contributed by atoms with Crippen molar-refractivity contribution >= 4 is 0 Å². The number of fused-ring (bicyclic) bond motifs is 1. The van der Waals surface area contributed by atoms with Gasteiger partial charge in [0.05, 0.1) is 18.2 Å². The summed E-state index contributed by atoms with van der Waals surface area (Å²) in [5, 5.41) is 13.7. The molecule has 0 bridgehead atoms. The van der Waals surface area contributed by atoms with Crippen LogP contribution in [0.1, 0.15) is 41.7 Å². The van der Waals surface area contributed by atoms with Gasteiger partial charge in [0.1, 0.15) is 5.82 Å². The van der Waals surface area contributed by atoms with Crippen molar-refractivity contribution in [2.75, 3.05) is 6.61 Å². The Morgan fingerprint density at radius 2 is 2.14 bits per heavy atom. The first-order valence-electron chi connectivity index (χ1n) is 7.18. The van der Waals surface area contributed by atoms with Crippen molar-refractivity contribution < 1.29 is 18.3 Å². The molecule has 2 heterocycles. The quantitative estimate of drug-likeness (QED) is 0.948. The van der Waals surface area contributed by atoms with Crippen molar-refractivity contribution in [3.8, 4) is 0 Å². The fourth-order valence-electron chi connectivity index (χ4n) is 2.77. The molecule has 4 nitrogen and oxygen atoms in total. The fraction of sp³-hybridized carbons (Fsp3) is 0.467. The Labute approximate surface area is 125 Å². The molecule has 0 saturated heterocycles. The van der Waals surface area contributed by atoms with E-state index in [0.29, 0.717) is 11.4 Å². The van der Waals surface area contributed by atoms with Crippen LogP contribution in [0, 0.1) is 0 Å². The topological polar surface area (TPSA) is 50.9 Å². The lowest BCUT2D eigenvalue weighted by atomic mass is 10.1. The first kappa shape index (κ1) is 15.0. The number of aliphatic hydroxyl groups is 1. The number of benzene rings is 1. The number of nitrogens with zero attached hydrogens (tertiary/aromatic N) is 3. The van der Waals surface area contributed by atoms with Crippen LogP contribution in [-0.2, 0) is 19.0 Å². The monoisotopic (exact) mass is 311 g/mol. The van der Waals surface area contributed by atoms with Gasteiger partial charge in [0.15, 0.2) is 5.82 Å². The van der Waals surface area contributed by atoms with Crippen LogP contribution in [-0.4, -0.2) is 26.5 Å². The first-order valence-corrected chi connectivity index (χ1v) is 7.18. The highest BCUT2D eigenvalue weighted by Crippen LogP contribution is 2.30. The largest absolute Gasteiger partial charge is 0.416 e. The average Bonchev–Trinajstić information content (AvgIpc) is 2.88. The van der Waals surface area contributed by atoms with E-state index in [4.69, 9.17) is 0 Å². The van der Waals surface area contributed by atoms with Crippen LogP contribution in [0.4, 0.5) is 13.2 Å². The van der Waals surface area contributed by atoms with Gasteiger partial charge in [-0.05, 0) is 24.5 Å². The van der Waals surface area contributed by atoms with Gasteiger partial charge < -0.3 is 5.11 Å². The molecular weight excluding hydrogens is 295 g/mol. The summed E-state index contributed by atoms with van der Waals surface area (Å²) >= 11 is 0. The molecule has 7 heteroatoms. The summed E-state index contributed by atoms with van der Waals surface area (Å²) in [6.07, 6.45) is -1.53. The molecule has 118 valence electrons. The van der Waals surface area contributed by atoms with Crippen molar-refractivity contribution in [1.29, 1.82) is 0 Å². The SMILES string of the molecule is OCC1CCCc2nc(Cc3cccc(C(F)(F)F)c3)nn21. The molecule has 22 heavy (non-hydrogen) atoms. The average molecular weight is 311 g/mol. The molecule has 0 saturated carbocycles. The van der Waals surface area contributed by atoms with Crippen molar-refractivity contribution in [3.05, 3.63) is 47.0 Å². The predicted octanol–water partition coefficient (Wildman–Crippen LogP) is 2.76. The minimum Gasteiger partial charge on any atom is -0.394 e. The van der Waals surface area contributed by atoms with E-state index in [1.54, 1.807) is 10.7 Å². The molecular formula is C15H16F3N3O. The molecule has 2 aromatic rings. The van der Waals surface area contributed by atoms with Crippen molar-refractivity contribution in [1.82, 2.24) is 14.8 Å². The number of rotatable bonds is 3. The maximum atomic E-state index is 12.7. The summed E-state index contributed by atoms with van der Waals surface area (Å²) in [7, 11) is 0. The van der Waals surface area contributed by atoms with Gasteiger partial charge in [-0.3, -0.25) is 0 Å². The zero-order valence-corrected chi connectivity index (χ0v) is 11.8. The molecule has 0 aliphatic carbocycles. The van der Waals surface area contributed by atoms with Gasteiger partial charge in [-0.15, -0.1) is 0 Å². The van der Waals surface area contributed by atoms with E-state index in [0.717, 1.165) is 37.2 Å². The van der Waals surface area contributed by atoms with Gasteiger partial charge >= 0.3 is 6.18 Å². The van der Waals surface area contributed by atoms with E-state index in [1.807, 2.05) is 0 Å². The summed E-state index contributed by atoms with van der Waals surface area (Å²) in [6, 6.07) is 5.13. The molecule has 1 unspecified atom stereocenters. The highest BCUT2D eigenvalue weighted by molar-refractivity contribution is 5.27. The van der Waals surface area contributed by atoms with Gasteiger partial charge in [0, 0.05) is 12.8 Å². The van der Waals surface area contributed by atoms with E-state index >= 15 is 0 Å². The zero-order valence-electron chi connectivity index (χ0n) is 11.8. The van der Waals surface area contributed by atoms with Gasteiger partial charge in [0.25, 0.3) is 0 Å². The molecule has 1 aromatic carbocycles. The van der Waals surface area contributed by atoms with Gasteiger partial charge in [-0.25, -0.2) is 9.67 Å². The summed E-state index contributed by atoms with van der Waals surface area (Å²) < 4.78 is 39.9. The summed E-state index contributed by atoms with van der Waals surface area (Å²) in [6.45, 7) is -0.000636. The number of hydrogen-bond donors (Lipinski definition) is 1. The Kier molecular flexibility index (Phi) is 3.90. The molecule has 3 rings (SSSR count). The van der Waals surface area contributed by atoms with Crippen LogP contribution in [0.15, 0.2) is 24.3 Å². The van der Waals surface area contributed by atoms with E-state index in [2.05, 4.69) is 10.1 Å². The number of hydrogen-bond acceptors (Lipinski definition) is 3. The number of aromatic nitrogens is 3. The van der Waals surface area contributed by atoms with Crippen molar-refractivity contribution in [2.24, 2.45) is 0 Å². The van der Waals surface area contributed by atoms with Crippen LogP contribution in [0.2, 0.25) is 0 Å². The third kappa shape index (κ3) is 2.99. The second kappa shape index (κ2) is 5.72. The molecule has 1 aliphatic rings. The third-order valence-corrected chi connectivity index (χ3v) is 3.86. The molecule has 1 aromatic heterocycles. The van der Waals surface area contributed by atoms with E-state index in [1.165, 1.54) is 6.07 Å². The van der Waals surface area contributed by atoms with Crippen LogP contribution in [0.5, 0.6) is 0 Å². The number of aliphatic hydroxyl groups excluding tert-OH is 1. The van der Waals surface area contributed by atoms with Gasteiger partial charge in [0.2, 0.25) is 0 Å². The third-order valence-electron chi connectivity index (χ3n) is 3.86. The first-order chi connectivity index (χ1) is 10.5. The van der Waals surface area contributed by atoms with E-state index in [9.17, 15) is 18.3 Å². The minimum atomic E-state index is -4.35. The Morgan fingerprint density at radius 3 is 2.86 bits per heavy atom. The van der Waals surface area contributed by atoms with Gasteiger partial charge in [-0.2, -0.15) is 18.3 Å². The molecule has 0 amide bonds. The lowest BCUT2D eigenvalue weighted by Crippen LogP contribution is -2.22. The number of aryl methyl sites for hydroxylation is 1. The Hall–Kier alpha value is -1.89. The molecule has 0 spiro atoms. The minimum absolute atomic E-state index is 0.000636. The second-order valence-corrected chi connectivity index (χ2v) is 5.49. The zero-order chi connectivity index (χ0) is 15.7. The van der Waals surface area contributed by atoms with Gasteiger partial charge in [-0.1, -0.05) is 18.2 Å². The highest BCUT2D eigenvalue weighted by atomic mass is 19.4. The normalized spacial score (nSPS) is 18.3. The Morgan fingerprint density at radius 1 is 1.32 bits per heavy atom. The molecule has 1 aliphatic heterocycles. The van der Waals surface area contributed by atoms with Crippen LogP contribution < -0.4 is 0 Å². The lowest BCUT2D eigenvalue weighted by Gasteiger charge is -2.20. The van der Waals surface area contributed by atoms with Crippen molar-refractivity contribution in [3.63, 3.8) is 0 Å². The molecule has 0 radical (unpaired) electrons. The fourth-order valence-corrected chi connectivity index (χ4v) is 2.77. The summed E-state index contributed by atoms with van der Waals surface area (Å²) in [5.41, 5.74) is -0.138. The summed E-state index contributed by atoms with van der Waals surface area (Å²) in [5.74, 6) is 1.29. The predicted molar refractivity (Wildman–Crippen MR) is 73.3 cm³/mol. The molecule has 1 atom stereocenters. The molecule has 0 fully saturated rings.